The largest absolute Gasteiger partial charge is 0.388 e. The van der Waals surface area contributed by atoms with E-state index in [4.69, 9.17) is 0 Å². The summed E-state index contributed by atoms with van der Waals surface area (Å²) in [6.07, 6.45) is 3.48. The number of para-hydroxylation sites is 1. The number of hydrogen-bond acceptors (Lipinski definition) is 2. The maximum absolute atomic E-state index is 9.77. The Morgan fingerprint density at radius 3 is 3.00 bits per heavy atom. The number of aromatic nitrogens is 1. The van der Waals surface area contributed by atoms with E-state index in [1.807, 2.05) is 30.3 Å². The van der Waals surface area contributed by atoms with E-state index in [-0.39, 0.29) is 0 Å². The van der Waals surface area contributed by atoms with E-state index in [1.54, 1.807) is 12.3 Å². The molecule has 2 rings (SSSR count). The van der Waals surface area contributed by atoms with Gasteiger partial charge in [0.1, 0.15) is 0 Å². The van der Waals surface area contributed by atoms with Crippen LogP contribution in [-0.2, 0) is 0 Å². The zero-order chi connectivity index (χ0) is 10.7. The molecule has 2 heteroatoms. The topological polar surface area (TPSA) is 33.1 Å². The van der Waals surface area contributed by atoms with E-state index in [2.05, 4.69) is 11.6 Å². The quantitative estimate of drug-likeness (QED) is 0.771. The smallest absolute Gasteiger partial charge is 0.0839 e. The van der Waals surface area contributed by atoms with Gasteiger partial charge in [-0.25, -0.2) is 0 Å². The molecule has 1 aromatic heterocycles. The Morgan fingerprint density at radius 2 is 2.20 bits per heavy atom. The van der Waals surface area contributed by atoms with Gasteiger partial charge in [-0.3, -0.25) is 4.98 Å². The van der Waals surface area contributed by atoms with Crippen LogP contribution in [0.4, 0.5) is 0 Å². The predicted octanol–water partition coefficient (Wildman–Crippen LogP) is 2.84. The van der Waals surface area contributed by atoms with E-state index in [0.29, 0.717) is 6.42 Å². The highest BCUT2D eigenvalue weighted by Gasteiger charge is 2.06. The molecule has 0 aliphatic carbocycles. The fourth-order valence-electron chi connectivity index (χ4n) is 1.56. The molecule has 0 aliphatic rings. The molecule has 0 aliphatic heterocycles. The van der Waals surface area contributed by atoms with Gasteiger partial charge in [0.2, 0.25) is 0 Å². The van der Waals surface area contributed by atoms with Crippen LogP contribution in [0.3, 0.4) is 0 Å². The molecule has 1 aromatic carbocycles. The number of aliphatic hydroxyl groups is 1. The minimum absolute atomic E-state index is 0.500. The molecule has 0 amide bonds. The van der Waals surface area contributed by atoms with Gasteiger partial charge >= 0.3 is 0 Å². The molecule has 0 bridgehead atoms. The second-order valence-corrected chi connectivity index (χ2v) is 3.50. The van der Waals surface area contributed by atoms with Gasteiger partial charge in [0.25, 0.3) is 0 Å². The van der Waals surface area contributed by atoms with Crippen molar-refractivity contribution in [1.29, 1.82) is 0 Å². The maximum Gasteiger partial charge on any atom is 0.0839 e. The van der Waals surface area contributed by atoms with Gasteiger partial charge < -0.3 is 5.11 Å². The Morgan fingerprint density at radius 1 is 1.40 bits per heavy atom. The second kappa shape index (κ2) is 4.24. The van der Waals surface area contributed by atoms with E-state index >= 15 is 0 Å². The van der Waals surface area contributed by atoms with Crippen LogP contribution < -0.4 is 0 Å². The summed E-state index contributed by atoms with van der Waals surface area (Å²) in [5, 5.41) is 10.8. The molecule has 1 N–H and O–H groups in total. The van der Waals surface area contributed by atoms with Crippen molar-refractivity contribution in [2.45, 2.75) is 12.5 Å². The normalized spacial score (nSPS) is 12.6. The van der Waals surface area contributed by atoms with Gasteiger partial charge in [-0.15, -0.1) is 6.58 Å². The van der Waals surface area contributed by atoms with Crippen molar-refractivity contribution in [2.24, 2.45) is 0 Å². The van der Waals surface area contributed by atoms with Crippen LogP contribution in [0.1, 0.15) is 18.1 Å². The standard InChI is InChI=1S/C13H13NO/c1-2-5-13(15)11-8-10-6-3-4-7-12(10)14-9-11/h2-4,6-9,13,15H,1,5H2/t13-/m1/s1. The summed E-state index contributed by atoms with van der Waals surface area (Å²) in [7, 11) is 0. The summed E-state index contributed by atoms with van der Waals surface area (Å²) >= 11 is 0. The van der Waals surface area contributed by atoms with Gasteiger partial charge in [0.15, 0.2) is 0 Å². The van der Waals surface area contributed by atoms with E-state index in [9.17, 15) is 5.11 Å². The van der Waals surface area contributed by atoms with Crippen molar-refractivity contribution in [3.05, 3.63) is 54.7 Å². The number of benzene rings is 1. The monoisotopic (exact) mass is 199 g/mol. The molecule has 0 saturated carbocycles. The Labute approximate surface area is 88.9 Å². The fourth-order valence-corrected chi connectivity index (χ4v) is 1.56. The molecule has 2 nitrogen and oxygen atoms in total. The van der Waals surface area contributed by atoms with Crippen LogP contribution >= 0.6 is 0 Å². The van der Waals surface area contributed by atoms with Crippen LogP contribution in [0.5, 0.6) is 0 Å². The van der Waals surface area contributed by atoms with Crippen molar-refractivity contribution < 1.29 is 5.11 Å². The molecule has 15 heavy (non-hydrogen) atoms. The lowest BCUT2D eigenvalue weighted by molar-refractivity contribution is 0.181. The lowest BCUT2D eigenvalue weighted by Crippen LogP contribution is -1.96. The van der Waals surface area contributed by atoms with Gasteiger partial charge in [0.05, 0.1) is 11.6 Å². The zero-order valence-corrected chi connectivity index (χ0v) is 8.43. The number of pyridine rings is 1. The van der Waals surface area contributed by atoms with E-state index in [1.165, 1.54) is 0 Å². The summed E-state index contributed by atoms with van der Waals surface area (Å²) < 4.78 is 0. The highest BCUT2D eigenvalue weighted by Crippen LogP contribution is 2.20. The van der Waals surface area contributed by atoms with Gasteiger partial charge in [0, 0.05) is 11.6 Å². The third-order valence-electron chi connectivity index (χ3n) is 2.39. The number of fused-ring (bicyclic) bond motifs is 1. The molecule has 0 radical (unpaired) electrons. The fraction of sp³-hybridized carbons (Fsp3) is 0.154. The van der Waals surface area contributed by atoms with Crippen molar-refractivity contribution in [3.8, 4) is 0 Å². The molecule has 0 unspecified atom stereocenters. The molecular formula is C13H13NO. The SMILES string of the molecule is C=CC[C@@H](O)c1cnc2ccccc2c1. The van der Waals surface area contributed by atoms with Gasteiger partial charge in [-0.2, -0.15) is 0 Å². The average Bonchev–Trinajstić information content (AvgIpc) is 2.29. The zero-order valence-electron chi connectivity index (χ0n) is 8.43. The summed E-state index contributed by atoms with van der Waals surface area (Å²) in [5.41, 5.74) is 1.79. The first-order chi connectivity index (χ1) is 7.31. The molecule has 0 spiro atoms. The van der Waals surface area contributed by atoms with Crippen molar-refractivity contribution in [3.63, 3.8) is 0 Å². The van der Waals surface area contributed by atoms with Gasteiger partial charge in [-0.1, -0.05) is 24.3 Å². The summed E-state index contributed by atoms with van der Waals surface area (Å²) in [4.78, 5) is 4.29. The minimum Gasteiger partial charge on any atom is -0.388 e. The average molecular weight is 199 g/mol. The minimum atomic E-state index is -0.500. The highest BCUT2D eigenvalue weighted by atomic mass is 16.3. The third kappa shape index (κ3) is 2.05. The van der Waals surface area contributed by atoms with Crippen molar-refractivity contribution in [2.75, 3.05) is 0 Å². The summed E-state index contributed by atoms with van der Waals surface area (Å²) in [6, 6.07) is 9.84. The first-order valence-electron chi connectivity index (χ1n) is 4.95. The number of nitrogens with zero attached hydrogens (tertiary/aromatic N) is 1. The van der Waals surface area contributed by atoms with E-state index in [0.717, 1.165) is 16.5 Å². The molecule has 1 atom stereocenters. The van der Waals surface area contributed by atoms with E-state index < -0.39 is 6.10 Å². The van der Waals surface area contributed by atoms with Crippen LogP contribution in [-0.4, -0.2) is 10.1 Å². The predicted molar refractivity (Wildman–Crippen MR) is 61.5 cm³/mol. The number of hydrogen-bond donors (Lipinski definition) is 1. The Balaban J connectivity index is 2.42. The first kappa shape index (κ1) is 9.87. The molecule has 76 valence electrons. The molecule has 2 aromatic rings. The van der Waals surface area contributed by atoms with Crippen LogP contribution in [0.2, 0.25) is 0 Å². The second-order valence-electron chi connectivity index (χ2n) is 3.50. The maximum atomic E-state index is 9.77. The summed E-state index contributed by atoms with van der Waals surface area (Å²) in [6.45, 7) is 3.61. The summed E-state index contributed by atoms with van der Waals surface area (Å²) in [5.74, 6) is 0. The molecule has 0 fully saturated rings. The third-order valence-corrected chi connectivity index (χ3v) is 2.39. The Kier molecular flexibility index (Phi) is 2.79. The molecule has 0 saturated heterocycles. The van der Waals surface area contributed by atoms with Crippen LogP contribution in [0.15, 0.2) is 49.2 Å². The molecular weight excluding hydrogens is 186 g/mol. The lowest BCUT2D eigenvalue weighted by atomic mass is 10.1. The first-order valence-corrected chi connectivity index (χ1v) is 4.95. The Hall–Kier alpha value is -1.67. The van der Waals surface area contributed by atoms with Crippen LogP contribution in [0, 0.1) is 0 Å². The van der Waals surface area contributed by atoms with Crippen LogP contribution in [0.25, 0.3) is 10.9 Å². The van der Waals surface area contributed by atoms with Crippen molar-refractivity contribution in [1.82, 2.24) is 4.98 Å². The number of aliphatic hydroxyl groups excluding tert-OH is 1. The number of rotatable bonds is 3. The molecule has 1 heterocycles. The van der Waals surface area contributed by atoms with Crippen molar-refractivity contribution >= 4 is 10.9 Å². The lowest BCUT2D eigenvalue weighted by Gasteiger charge is -2.08. The van der Waals surface area contributed by atoms with Gasteiger partial charge in [-0.05, 0) is 24.1 Å². The highest BCUT2D eigenvalue weighted by molar-refractivity contribution is 5.78. The Bertz CT molecular complexity index is 479.